The Kier molecular flexibility index (Phi) is 7.21. The molecule has 0 spiro atoms. The number of para-hydroxylation sites is 1. The van der Waals surface area contributed by atoms with Crippen LogP contribution in [0.1, 0.15) is 12.5 Å². The Hall–Kier alpha value is -3.52. The van der Waals surface area contributed by atoms with E-state index in [1.54, 1.807) is 37.3 Å². The van der Waals surface area contributed by atoms with E-state index < -0.39 is 0 Å². The number of hydrogen-bond donors (Lipinski definition) is 0. The van der Waals surface area contributed by atoms with Gasteiger partial charge in [0.05, 0.1) is 14.2 Å². The van der Waals surface area contributed by atoms with Crippen molar-refractivity contribution in [3.63, 3.8) is 0 Å². The quantitative estimate of drug-likeness (QED) is 0.420. The predicted molar refractivity (Wildman–Crippen MR) is 107 cm³/mol. The molecule has 0 N–H and O–H groups in total. The summed E-state index contributed by atoms with van der Waals surface area (Å²) in [6.45, 7) is 2.35. The molecule has 2 rings (SSSR count). The van der Waals surface area contributed by atoms with Gasteiger partial charge in [-0.25, -0.2) is 0 Å². The highest BCUT2D eigenvalue weighted by atomic mass is 16.5. The third-order valence-electron chi connectivity index (χ3n) is 3.94. The molecule has 138 valence electrons. The fourth-order valence-corrected chi connectivity index (χ4v) is 2.57. The number of nitriles is 1. The fourth-order valence-electron chi connectivity index (χ4n) is 2.57. The zero-order chi connectivity index (χ0) is 19.6. The summed E-state index contributed by atoms with van der Waals surface area (Å²) in [6.07, 6.45) is 4.99. The number of amides is 1. The maximum Gasteiger partial charge on any atom is 0.268 e. The lowest BCUT2D eigenvalue weighted by Crippen LogP contribution is -2.31. The molecule has 1 amide bonds. The molecule has 0 radical (unpaired) electrons. The zero-order valence-corrected chi connectivity index (χ0v) is 15.7. The summed E-state index contributed by atoms with van der Waals surface area (Å²) in [5.74, 6) is 0.921. The first-order chi connectivity index (χ1) is 13.1. The molecular formula is C22H22N2O3. The van der Waals surface area contributed by atoms with Gasteiger partial charge in [0.15, 0.2) is 11.5 Å². The molecule has 0 saturated carbocycles. The summed E-state index contributed by atoms with van der Waals surface area (Å²) in [6, 6.07) is 16.8. The molecule has 0 aromatic heterocycles. The van der Waals surface area contributed by atoms with E-state index in [-0.39, 0.29) is 11.5 Å². The number of anilines is 1. The van der Waals surface area contributed by atoms with Crippen molar-refractivity contribution < 1.29 is 14.3 Å². The van der Waals surface area contributed by atoms with Gasteiger partial charge < -0.3 is 14.4 Å². The number of carbonyl (C=O) groups excluding carboxylic acids is 1. The molecular weight excluding hydrogens is 340 g/mol. The Bertz CT molecular complexity index is 880. The highest BCUT2D eigenvalue weighted by molar-refractivity contribution is 6.08. The number of ether oxygens (including phenoxy) is 2. The summed E-state index contributed by atoms with van der Waals surface area (Å²) < 4.78 is 10.5. The summed E-state index contributed by atoms with van der Waals surface area (Å²) in [5.41, 5.74) is 1.69. The molecule has 5 nitrogen and oxygen atoms in total. The van der Waals surface area contributed by atoms with E-state index in [2.05, 4.69) is 0 Å². The predicted octanol–water partition coefficient (Wildman–Crippen LogP) is 4.22. The fraction of sp³-hybridized carbons (Fsp3) is 0.182. The number of benzene rings is 2. The second-order valence-corrected chi connectivity index (χ2v) is 5.55. The molecule has 0 aliphatic rings. The normalized spacial score (nSPS) is 11.1. The summed E-state index contributed by atoms with van der Waals surface area (Å²) in [7, 11) is 3.15. The minimum Gasteiger partial charge on any atom is -0.493 e. The van der Waals surface area contributed by atoms with Gasteiger partial charge in [-0.1, -0.05) is 36.4 Å². The topological polar surface area (TPSA) is 62.6 Å². The van der Waals surface area contributed by atoms with Crippen molar-refractivity contribution in [1.82, 2.24) is 0 Å². The molecule has 5 heteroatoms. The minimum atomic E-state index is -0.330. The number of hydrogen-bond acceptors (Lipinski definition) is 4. The number of rotatable bonds is 7. The van der Waals surface area contributed by atoms with Crippen LogP contribution in [-0.2, 0) is 4.79 Å². The van der Waals surface area contributed by atoms with Gasteiger partial charge in [0, 0.05) is 12.2 Å². The van der Waals surface area contributed by atoms with E-state index in [1.165, 1.54) is 6.08 Å². The Morgan fingerprint density at radius 3 is 2.41 bits per heavy atom. The van der Waals surface area contributed by atoms with Crippen molar-refractivity contribution in [2.24, 2.45) is 0 Å². The monoisotopic (exact) mass is 362 g/mol. The highest BCUT2D eigenvalue weighted by Crippen LogP contribution is 2.28. The van der Waals surface area contributed by atoms with E-state index >= 15 is 0 Å². The van der Waals surface area contributed by atoms with Crippen LogP contribution in [0.4, 0.5) is 5.69 Å². The SMILES string of the molecule is CCN(C(=O)C(C#N)=CC=Cc1ccc(OC)c(OC)c1)c1ccccc1. The summed E-state index contributed by atoms with van der Waals surface area (Å²) in [4.78, 5) is 14.3. The van der Waals surface area contributed by atoms with Gasteiger partial charge >= 0.3 is 0 Å². The van der Waals surface area contributed by atoms with Gasteiger partial charge in [0.2, 0.25) is 0 Å². The second-order valence-electron chi connectivity index (χ2n) is 5.55. The van der Waals surface area contributed by atoms with Crippen LogP contribution in [-0.4, -0.2) is 26.7 Å². The van der Waals surface area contributed by atoms with Crippen LogP contribution >= 0.6 is 0 Å². The maximum absolute atomic E-state index is 12.7. The molecule has 27 heavy (non-hydrogen) atoms. The first-order valence-electron chi connectivity index (χ1n) is 8.52. The van der Waals surface area contributed by atoms with E-state index in [1.807, 2.05) is 55.5 Å². The number of nitrogens with zero attached hydrogens (tertiary/aromatic N) is 2. The van der Waals surface area contributed by atoms with Crippen LogP contribution in [0, 0.1) is 11.3 Å². The first-order valence-corrected chi connectivity index (χ1v) is 8.52. The third kappa shape index (κ3) is 4.99. The molecule has 0 saturated heterocycles. The van der Waals surface area contributed by atoms with E-state index in [9.17, 15) is 10.1 Å². The molecule has 0 unspecified atom stereocenters. The maximum atomic E-state index is 12.7. The van der Waals surface area contributed by atoms with Crippen LogP contribution in [0.2, 0.25) is 0 Å². The summed E-state index contributed by atoms with van der Waals surface area (Å²) in [5, 5.41) is 9.40. The smallest absolute Gasteiger partial charge is 0.268 e. The number of likely N-dealkylation sites (N-methyl/N-ethyl adjacent to an activating group) is 1. The lowest BCUT2D eigenvalue weighted by atomic mass is 10.1. The van der Waals surface area contributed by atoms with Crippen LogP contribution in [0.3, 0.4) is 0 Å². The van der Waals surface area contributed by atoms with Gasteiger partial charge in [-0.15, -0.1) is 0 Å². The first kappa shape index (κ1) is 19.8. The van der Waals surface area contributed by atoms with Crippen molar-refractivity contribution in [1.29, 1.82) is 5.26 Å². The lowest BCUT2D eigenvalue weighted by molar-refractivity contribution is -0.114. The van der Waals surface area contributed by atoms with Gasteiger partial charge in [0.25, 0.3) is 5.91 Å². The lowest BCUT2D eigenvalue weighted by Gasteiger charge is -2.20. The molecule has 0 heterocycles. The molecule has 2 aromatic rings. The van der Waals surface area contributed by atoms with Crippen molar-refractivity contribution in [3.05, 3.63) is 71.8 Å². The van der Waals surface area contributed by atoms with Gasteiger partial charge in [-0.3, -0.25) is 4.79 Å². The number of methoxy groups -OCH3 is 2. The molecule has 0 atom stereocenters. The average molecular weight is 362 g/mol. The van der Waals surface area contributed by atoms with Crippen molar-refractivity contribution >= 4 is 17.7 Å². The van der Waals surface area contributed by atoms with Crippen LogP contribution < -0.4 is 14.4 Å². The zero-order valence-electron chi connectivity index (χ0n) is 15.7. The van der Waals surface area contributed by atoms with Crippen LogP contribution in [0.25, 0.3) is 6.08 Å². The number of carbonyl (C=O) groups is 1. The van der Waals surface area contributed by atoms with Crippen LogP contribution in [0.15, 0.2) is 66.3 Å². The standard InChI is InChI=1S/C22H22N2O3/c1-4-24(19-11-6-5-7-12-19)22(25)18(16-23)10-8-9-17-13-14-20(26-2)21(15-17)27-3/h5-15H,4H2,1-3H3. The van der Waals surface area contributed by atoms with Gasteiger partial charge in [-0.05, 0) is 42.8 Å². The second kappa shape index (κ2) is 9.83. The Labute approximate surface area is 159 Å². The van der Waals surface area contributed by atoms with Crippen molar-refractivity contribution in [2.75, 3.05) is 25.7 Å². The van der Waals surface area contributed by atoms with Gasteiger partial charge in [0.1, 0.15) is 11.6 Å². The summed E-state index contributed by atoms with van der Waals surface area (Å²) >= 11 is 0. The molecule has 2 aromatic carbocycles. The minimum absolute atomic E-state index is 0.0671. The van der Waals surface area contributed by atoms with Gasteiger partial charge in [-0.2, -0.15) is 5.26 Å². The molecule has 0 aliphatic carbocycles. The highest BCUT2D eigenvalue weighted by Gasteiger charge is 2.17. The third-order valence-corrected chi connectivity index (χ3v) is 3.94. The van der Waals surface area contributed by atoms with Crippen molar-refractivity contribution in [2.45, 2.75) is 6.92 Å². The largest absolute Gasteiger partial charge is 0.493 e. The molecule has 0 bridgehead atoms. The Balaban J connectivity index is 2.21. The van der Waals surface area contributed by atoms with Crippen molar-refractivity contribution in [3.8, 4) is 17.6 Å². The molecule has 0 fully saturated rings. The van der Waals surface area contributed by atoms with E-state index in [4.69, 9.17) is 9.47 Å². The van der Waals surface area contributed by atoms with E-state index in [0.29, 0.717) is 18.0 Å². The molecule has 0 aliphatic heterocycles. The number of allylic oxidation sites excluding steroid dienone is 2. The Morgan fingerprint density at radius 1 is 1.11 bits per heavy atom. The average Bonchev–Trinajstić information content (AvgIpc) is 2.72. The van der Waals surface area contributed by atoms with Crippen LogP contribution in [0.5, 0.6) is 11.5 Å². The van der Waals surface area contributed by atoms with E-state index in [0.717, 1.165) is 11.3 Å². The Morgan fingerprint density at radius 2 is 1.81 bits per heavy atom.